The van der Waals surface area contributed by atoms with E-state index < -0.39 is 0 Å². The van der Waals surface area contributed by atoms with Crippen molar-refractivity contribution in [1.29, 1.82) is 0 Å². The number of rotatable bonds is 1. The van der Waals surface area contributed by atoms with Crippen molar-refractivity contribution >= 4 is 26.7 Å². The zero-order chi connectivity index (χ0) is 23.9. The highest BCUT2D eigenvalue weighted by atomic mass is 79.9. The van der Waals surface area contributed by atoms with Gasteiger partial charge in [-0.15, -0.1) is 0 Å². The highest BCUT2D eigenvalue weighted by Gasteiger charge is 2.50. The van der Waals surface area contributed by atoms with Gasteiger partial charge in [-0.25, -0.2) is 0 Å². The van der Waals surface area contributed by atoms with Gasteiger partial charge in [-0.3, -0.25) is 0 Å². The van der Waals surface area contributed by atoms with Gasteiger partial charge in [0, 0.05) is 4.47 Å². The molecule has 2 aliphatic rings. The monoisotopic (exact) mass is 520 g/mol. The van der Waals surface area contributed by atoms with Crippen LogP contribution in [0.1, 0.15) is 22.3 Å². The molecule has 0 aromatic heterocycles. The predicted molar refractivity (Wildman–Crippen MR) is 153 cm³/mol. The van der Waals surface area contributed by atoms with Gasteiger partial charge in [-0.05, 0) is 78.5 Å². The van der Waals surface area contributed by atoms with Gasteiger partial charge in [0.05, 0.1) is 5.41 Å². The maximum absolute atomic E-state index is 3.86. The molecular weight excluding hydrogens is 500 g/mol. The van der Waals surface area contributed by atoms with Gasteiger partial charge in [0.15, 0.2) is 0 Å². The number of halogens is 1. The van der Waals surface area contributed by atoms with E-state index in [-0.39, 0.29) is 5.41 Å². The molecule has 0 nitrogen and oxygen atoms in total. The smallest absolute Gasteiger partial charge is 0.0622 e. The summed E-state index contributed by atoms with van der Waals surface area (Å²) in [5, 5.41) is 2.61. The summed E-state index contributed by atoms with van der Waals surface area (Å²) in [6.45, 7) is 0. The van der Waals surface area contributed by atoms with Gasteiger partial charge >= 0.3 is 0 Å². The molecule has 0 saturated carbocycles. The van der Waals surface area contributed by atoms with Gasteiger partial charge in [-0.1, -0.05) is 131 Å². The molecule has 0 fully saturated rings. The Morgan fingerprint density at radius 2 is 1.03 bits per heavy atom. The van der Waals surface area contributed by atoms with Crippen LogP contribution in [0.5, 0.6) is 0 Å². The third-order valence-corrected chi connectivity index (χ3v) is 8.86. The number of benzene rings is 6. The minimum Gasteiger partial charge on any atom is -0.0622 e. The van der Waals surface area contributed by atoms with Crippen molar-refractivity contribution in [3.63, 3.8) is 0 Å². The van der Waals surface area contributed by atoms with Crippen LogP contribution in [0.25, 0.3) is 44.2 Å². The molecule has 1 unspecified atom stereocenters. The Morgan fingerprint density at radius 1 is 0.417 bits per heavy atom. The number of hydrogen-bond acceptors (Lipinski definition) is 0. The van der Waals surface area contributed by atoms with Crippen molar-refractivity contribution in [2.75, 3.05) is 0 Å². The molecule has 8 rings (SSSR count). The van der Waals surface area contributed by atoms with Crippen LogP contribution in [0.15, 0.2) is 132 Å². The zero-order valence-corrected chi connectivity index (χ0v) is 21.1. The fourth-order valence-corrected chi connectivity index (χ4v) is 7.23. The molecule has 0 aliphatic heterocycles. The van der Waals surface area contributed by atoms with Crippen LogP contribution in [-0.2, 0) is 5.41 Å². The van der Waals surface area contributed by atoms with Crippen molar-refractivity contribution < 1.29 is 0 Å². The minimum atomic E-state index is -0.374. The molecular formula is C35H21Br. The summed E-state index contributed by atoms with van der Waals surface area (Å²) >= 11 is 3.86. The first-order valence-electron chi connectivity index (χ1n) is 12.4. The maximum atomic E-state index is 3.86. The predicted octanol–water partition coefficient (Wildman–Crippen LogP) is 9.61. The summed E-state index contributed by atoms with van der Waals surface area (Å²) in [7, 11) is 0. The fraction of sp³-hybridized carbons (Fsp3) is 0.0286. The molecule has 0 radical (unpaired) electrons. The largest absolute Gasteiger partial charge is 0.0725 e. The van der Waals surface area contributed by atoms with Crippen LogP contribution >= 0.6 is 15.9 Å². The lowest BCUT2D eigenvalue weighted by atomic mass is 9.61. The van der Waals surface area contributed by atoms with E-state index in [9.17, 15) is 0 Å². The standard InChI is InChI=1S/C35H21Br/c36-33-20-19-27-25-12-5-7-15-30(25)35(31-16-8-13-28(33)34(27)31)29-14-6-4-11-24(29)26-18-17-23(21-32(26)35)22-9-2-1-3-10-22/h1-21H. The van der Waals surface area contributed by atoms with Crippen LogP contribution in [0.4, 0.5) is 0 Å². The maximum Gasteiger partial charge on any atom is 0.0725 e. The Balaban J connectivity index is 1.60. The van der Waals surface area contributed by atoms with E-state index >= 15 is 0 Å². The molecule has 0 heterocycles. The molecule has 2 aliphatic carbocycles. The summed E-state index contributed by atoms with van der Waals surface area (Å²) in [6.07, 6.45) is 0. The fourth-order valence-electron chi connectivity index (χ4n) is 6.77. The summed E-state index contributed by atoms with van der Waals surface area (Å²) in [5.74, 6) is 0. The lowest BCUT2D eigenvalue weighted by Gasteiger charge is -2.40. The van der Waals surface area contributed by atoms with Crippen molar-refractivity contribution in [3.05, 3.63) is 154 Å². The van der Waals surface area contributed by atoms with Crippen LogP contribution in [-0.4, -0.2) is 0 Å². The third-order valence-electron chi connectivity index (χ3n) is 8.16. The molecule has 0 bridgehead atoms. The van der Waals surface area contributed by atoms with Gasteiger partial charge in [0.1, 0.15) is 0 Å². The summed E-state index contributed by atoms with van der Waals surface area (Å²) in [5.41, 5.74) is 12.9. The molecule has 0 saturated heterocycles. The SMILES string of the molecule is Brc1ccc2c3c(cccc13)C1(c3ccccc3-c3ccc(-c4ccccc4)cc31)c1ccccc1-2. The second kappa shape index (κ2) is 7.29. The second-order valence-electron chi connectivity index (χ2n) is 9.79. The van der Waals surface area contributed by atoms with Crippen LogP contribution in [0.3, 0.4) is 0 Å². The summed E-state index contributed by atoms with van der Waals surface area (Å²) in [6, 6.07) is 47.2. The Labute approximate surface area is 219 Å². The molecule has 36 heavy (non-hydrogen) atoms. The Kier molecular flexibility index (Phi) is 4.10. The highest BCUT2D eigenvalue weighted by Crippen LogP contribution is 2.62. The number of fused-ring (bicyclic) bond motifs is 9. The van der Waals surface area contributed by atoms with E-state index in [4.69, 9.17) is 0 Å². The Bertz CT molecular complexity index is 1850. The first kappa shape index (κ1) is 20.3. The molecule has 6 aromatic rings. The number of hydrogen-bond donors (Lipinski definition) is 0. The van der Waals surface area contributed by atoms with Crippen molar-refractivity contribution in [2.24, 2.45) is 0 Å². The average molecular weight is 521 g/mol. The topological polar surface area (TPSA) is 0 Å². The van der Waals surface area contributed by atoms with Crippen molar-refractivity contribution in [2.45, 2.75) is 5.41 Å². The van der Waals surface area contributed by atoms with E-state index in [1.54, 1.807) is 0 Å². The zero-order valence-electron chi connectivity index (χ0n) is 19.5. The van der Waals surface area contributed by atoms with E-state index in [1.807, 2.05) is 0 Å². The average Bonchev–Trinajstić information content (AvgIpc) is 3.23. The van der Waals surface area contributed by atoms with E-state index in [0.29, 0.717) is 0 Å². The van der Waals surface area contributed by atoms with Crippen molar-refractivity contribution in [1.82, 2.24) is 0 Å². The quantitative estimate of drug-likeness (QED) is 0.202. The summed E-state index contributed by atoms with van der Waals surface area (Å²) in [4.78, 5) is 0. The van der Waals surface area contributed by atoms with Crippen LogP contribution in [0.2, 0.25) is 0 Å². The van der Waals surface area contributed by atoms with Gasteiger partial charge in [0.2, 0.25) is 0 Å². The normalized spacial score (nSPS) is 16.6. The second-order valence-corrected chi connectivity index (χ2v) is 10.6. The van der Waals surface area contributed by atoms with E-state index in [1.165, 1.54) is 66.4 Å². The summed E-state index contributed by atoms with van der Waals surface area (Å²) < 4.78 is 1.14. The lowest BCUT2D eigenvalue weighted by Crippen LogP contribution is -2.31. The van der Waals surface area contributed by atoms with Crippen LogP contribution < -0.4 is 0 Å². The van der Waals surface area contributed by atoms with E-state index in [2.05, 4.69) is 143 Å². The van der Waals surface area contributed by atoms with E-state index in [0.717, 1.165) is 4.47 Å². The highest BCUT2D eigenvalue weighted by molar-refractivity contribution is 9.10. The molecule has 168 valence electrons. The Morgan fingerprint density at radius 3 is 1.81 bits per heavy atom. The van der Waals surface area contributed by atoms with Gasteiger partial charge in [0.25, 0.3) is 0 Å². The molecule has 0 N–H and O–H groups in total. The van der Waals surface area contributed by atoms with Gasteiger partial charge < -0.3 is 0 Å². The molecule has 6 aromatic carbocycles. The third kappa shape index (κ3) is 2.44. The minimum absolute atomic E-state index is 0.374. The Hall–Kier alpha value is -3.94. The molecule has 1 spiro atoms. The first-order chi connectivity index (χ1) is 17.8. The molecule has 0 amide bonds. The van der Waals surface area contributed by atoms with Crippen molar-refractivity contribution in [3.8, 4) is 33.4 Å². The van der Waals surface area contributed by atoms with Crippen LogP contribution in [0, 0.1) is 0 Å². The first-order valence-corrected chi connectivity index (χ1v) is 13.2. The molecule has 1 atom stereocenters. The van der Waals surface area contributed by atoms with Gasteiger partial charge in [-0.2, -0.15) is 0 Å². The molecule has 1 heteroatoms. The lowest BCUT2D eigenvalue weighted by molar-refractivity contribution is 0.773.